The van der Waals surface area contributed by atoms with Crippen LogP contribution in [-0.4, -0.2) is 24.0 Å². The summed E-state index contributed by atoms with van der Waals surface area (Å²) in [6, 6.07) is 13.7. The maximum atomic E-state index is 3.69. The Morgan fingerprint density at radius 1 is 1.05 bits per heavy atom. The van der Waals surface area contributed by atoms with Crippen LogP contribution in [0.5, 0.6) is 0 Å². The van der Waals surface area contributed by atoms with Crippen molar-refractivity contribution < 1.29 is 0 Å². The first-order valence-corrected chi connectivity index (χ1v) is 8.35. The van der Waals surface area contributed by atoms with Gasteiger partial charge in [0, 0.05) is 19.1 Å². The maximum Gasteiger partial charge on any atom is 0.0233 e. The van der Waals surface area contributed by atoms with Gasteiger partial charge >= 0.3 is 0 Å². The molecule has 1 saturated heterocycles. The van der Waals surface area contributed by atoms with E-state index in [1.807, 2.05) is 0 Å². The molecule has 0 spiro atoms. The number of thiophene rings is 1. The van der Waals surface area contributed by atoms with Gasteiger partial charge in [0.25, 0.3) is 0 Å². The van der Waals surface area contributed by atoms with Crippen LogP contribution < -0.4 is 5.32 Å². The largest absolute Gasteiger partial charge is 0.310 e. The number of likely N-dealkylation sites (tertiary alicyclic amines) is 1. The van der Waals surface area contributed by atoms with Crippen LogP contribution in [0.2, 0.25) is 0 Å². The minimum absolute atomic E-state index is 0.682. The van der Waals surface area contributed by atoms with Crippen molar-refractivity contribution in [2.75, 3.05) is 13.1 Å². The predicted molar refractivity (Wildman–Crippen MR) is 85.9 cm³/mol. The Labute approximate surface area is 125 Å². The van der Waals surface area contributed by atoms with Gasteiger partial charge in [-0.3, -0.25) is 4.90 Å². The summed E-state index contributed by atoms with van der Waals surface area (Å²) in [6.07, 6.45) is 2.52. The number of nitrogens with one attached hydrogen (secondary N) is 1. The third kappa shape index (κ3) is 3.92. The zero-order valence-electron chi connectivity index (χ0n) is 11.8. The minimum Gasteiger partial charge on any atom is -0.310 e. The monoisotopic (exact) mass is 286 g/mol. The number of hydrogen-bond donors (Lipinski definition) is 1. The molecule has 1 aliphatic rings. The van der Waals surface area contributed by atoms with E-state index in [0.29, 0.717) is 6.04 Å². The zero-order valence-corrected chi connectivity index (χ0v) is 12.6. The van der Waals surface area contributed by atoms with Crippen molar-refractivity contribution in [2.24, 2.45) is 0 Å². The normalized spacial score (nSPS) is 17.4. The van der Waals surface area contributed by atoms with Gasteiger partial charge in [0.2, 0.25) is 0 Å². The van der Waals surface area contributed by atoms with Crippen molar-refractivity contribution in [3.63, 3.8) is 0 Å². The number of rotatable bonds is 5. The lowest BCUT2D eigenvalue weighted by Crippen LogP contribution is -2.41. The number of piperidine rings is 1. The van der Waals surface area contributed by atoms with Crippen LogP contribution in [-0.2, 0) is 13.1 Å². The molecule has 1 aliphatic heterocycles. The van der Waals surface area contributed by atoms with E-state index in [1.54, 1.807) is 11.3 Å². The molecule has 20 heavy (non-hydrogen) atoms. The smallest absolute Gasteiger partial charge is 0.0233 e. The van der Waals surface area contributed by atoms with Gasteiger partial charge in [0.05, 0.1) is 0 Å². The SMILES string of the molecule is c1ccc(CN2CCC(NCc3ccsc3)CC2)cc1. The molecule has 2 heterocycles. The van der Waals surface area contributed by atoms with Gasteiger partial charge < -0.3 is 5.32 Å². The van der Waals surface area contributed by atoms with Crippen molar-refractivity contribution in [3.05, 3.63) is 58.3 Å². The average Bonchev–Trinajstić information content (AvgIpc) is 3.01. The van der Waals surface area contributed by atoms with Crippen LogP contribution in [0.3, 0.4) is 0 Å². The first kappa shape index (κ1) is 13.8. The third-order valence-corrected chi connectivity index (χ3v) is 4.74. The van der Waals surface area contributed by atoms with Crippen LogP contribution in [0.25, 0.3) is 0 Å². The van der Waals surface area contributed by atoms with E-state index in [0.717, 1.165) is 13.1 Å². The van der Waals surface area contributed by atoms with Gasteiger partial charge in [-0.1, -0.05) is 30.3 Å². The highest BCUT2D eigenvalue weighted by Crippen LogP contribution is 2.15. The van der Waals surface area contributed by atoms with Crippen LogP contribution >= 0.6 is 11.3 Å². The van der Waals surface area contributed by atoms with E-state index >= 15 is 0 Å². The molecule has 0 atom stereocenters. The molecule has 106 valence electrons. The molecule has 0 amide bonds. The standard InChI is InChI=1S/C17H22N2S/c1-2-4-15(5-3-1)13-19-9-6-17(7-10-19)18-12-16-8-11-20-14-16/h1-5,8,11,14,17-18H,6-7,9-10,12-13H2. The molecule has 1 N–H and O–H groups in total. The van der Waals surface area contributed by atoms with Gasteiger partial charge in [-0.15, -0.1) is 0 Å². The molecule has 2 aromatic rings. The molecular weight excluding hydrogens is 264 g/mol. The fourth-order valence-electron chi connectivity index (χ4n) is 2.79. The van der Waals surface area contributed by atoms with Gasteiger partial charge in [0.1, 0.15) is 0 Å². The van der Waals surface area contributed by atoms with E-state index in [4.69, 9.17) is 0 Å². The quantitative estimate of drug-likeness (QED) is 0.905. The molecule has 1 aromatic carbocycles. The zero-order chi connectivity index (χ0) is 13.6. The van der Waals surface area contributed by atoms with E-state index in [-0.39, 0.29) is 0 Å². The van der Waals surface area contributed by atoms with Crippen molar-refractivity contribution >= 4 is 11.3 Å². The number of nitrogens with zero attached hydrogens (tertiary/aromatic N) is 1. The van der Waals surface area contributed by atoms with Crippen molar-refractivity contribution in [3.8, 4) is 0 Å². The van der Waals surface area contributed by atoms with Gasteiger partial charge in [-0.05, 0) is 53.9 Å². The van der Waals surface area contributed by atoms with Crippen LogP contribution in [0.4, 0.5) is 0 Å². The second-order valence-electron chi connectivity index (χ2n) is 5.55. The summed E-state index contributed by atoms with van der Waals surface area (Å²) in [6.45, 7) is 4.53. The first-order valence-electron chi connectivity index (χ1n) is 7.41. The fourth-order valence-corrected chi connectivity index (χ4v) is 3.46. The summed E-state index contributed by atoms with van der Waals surface area (Å²) in [7, 11) is 0. The molecule has 0 saturated carbocycles. The summed E-state index contributed by atoms with van der Waals surface area (Å²) >= 11 is 1.78. The Balaban J connectivity index is 1.40. The third-order valence-electron chi connectivity index (χ3n) is 4.01. The van der Waals surface area contributed by atoms with E-state index in [1.165, 1.54) is 37.1 Å². The highest BCUT2D eigenvalue weighted by Gasteiger charge is 2.18. The lowest BCUT2D eigenvalue weighted by atomic mass is 10.0. The molecule has 3 rings (SSSR count). The fraction of sp³-hybridized carbons (Fsp3) is 0.412. The molecule has 0 unspecified atom stereocenters. The van der Waals surface area contributed by atoms with Gasteiger partial charge in [0.15, 0.2) is 0 Å². The van der Waals surface area contributed by atoms with Gasteiger partial charge in [-0.2, -0.15) is 11.3 Å². The molecule has 0 aliphatic carbocycles. The summed E-state index contributed by atoms with van der Waals surface area (Å²) in [5.74, 6) is 0. The Hall–Kier alpha value is -1.16. The molecule has 0 radical (unpaired) electrons. The van der Waals surface area contributed by atoms with Crippen molar-refractivity contribution in [1.29, 1.82) is 0 Å². The second-order valence-corrected chi connectivity index (χ2v) is 6.33. The molecule has 2 nitrogen and oxygen atoms in total. The summed E-state index contributed by atoms with van der Waals surface area (Å²) < 4.78 is 0. The first-order chi connectivity index (χ1) is 9.90. The number of hydrogen-bond acceptors (Lipinski definition) is 3. The minimum atomic E-state index is 0.682. The number of benzene rings is 1. The Bertz CT molecular complexity index is 487. The molecule has 1 aromatic heterocycles. The molecule has 1 fully saturated rings. The topological polar surface area (TPSA) is 15.3 Å². The molecule has 3 heteroatoms. The maximum absolute atomic E-state index is 3.69. The summed E-state index contributed by atoms with van der Waals surface area (Å²) in [5, 5.41) is 8.07. The Kier molecular flexibility index (Phi) is 4.85. The molecular formula is C17H22N2S. The second kappa shape index (κ2) is 7.02. The highest BCUT2D eigenvalue weighted by molar-refractivity contribution is 7.07. The van der Waals surface area contributed by atoms with E-state index in [2.05, 4.69) is 57.4 Å². The lowest BCUT2D eigenvalue weighted by Gasteiger charge is -2.32. The van der Waals surface area contributed by atoms with Crippen molar-refractivity contribution in [1.82, 2.24) is 10.2 Å². The highest BCUT2D eigenvalue weighted by atomic mass is 32.1. The Morgan fingerprint density at radius 2 is 1.85 bits per heavy atom. The van der Waals surface area contributed by atoms with Crippen molar-refractivity contribution in [2.45, 2.75) is 32.0 Å². The van der Waals surface area contributed by atoms with Gasteiger partial charge in [-0.25, -0.2) is 0 Å². The van der Waals surface area contributed by atoms with Crippen LogP contribution in [0.1, 0.15) is 24.0 Å². The van der Waals surface area contributed by atoms with E-state index < -0.39 is 0 Å². The summed E-state index contributed by atoms with van der Waals surface area (Å²) in [5.41, 5.74) is 2.85. The summed E-state index contributed by atoms with van der Waals surface area (Å²) in [4.78, 5) is 2.57. The predicted octanol–water partition coefficient (Wildman–Crippen LogP) is 3.50. The lowest BCUT2D eigenvalue weighted by molar-refractivity contribution is 0.190. The van der Waals surface area contributed by atoms with E-state index in [9.17, 15) is 0 Å². The average molecular weight is 286 g/mol. The van der Waals surface area contributed by atoms with Crippen LogP contribution in [0, 0.1) is 0 Å². The molecule has 0 bridgehead atoms. The Morgan fingerprint density at radius 3 is 2.55 bits per heavy atom. The van der Waals surface area contributed by atoms with Crippen LogP contribution in [0.15, 0.2) is 47.2 Å².